The third-order valence-electron chi connectivity index (χ3n) is 8.63. The van der Waals surface area contributed by atoms with E-state index < -0.39 is 0 Å². The number of hydrogen-bond donors (Lipinski definition) is 0. The third kappa shape index (κ3) is 5.07. The molecule has 0 N–H and O–H groups in total. The van der Waals surface area contributed by atoms with E-state index in [1.165, 1.54) is 33.0 Å². The van der Waals surface area contributed by atoms with Gasteiger partial charge >= 0.3 is 0 Å². The van der Waals surface area contributed by atoms with E-state index in [4.69, 9.17) is 4.42 Å². The number of aryl methyl sites for hydroxylation is 1. The monoisotopic (exact) mass is 577 g/mol. The number of fused-ring (bicyclic) bond motifs is 2. The van der Waals surface area contributed by atoms with Gasteiger partial charge in [-0.05, 0) is 88.5 Å². The molecule has 0 fully saturated rings. The minimum absolute atomic E-state index is 0.908. The summed E-state index contributed by atoms with van der Waals surface area (Å²) in [5.74, 6) is 0.908. The Morgan fingerprint density at radius 2 is 1.00 bits per heavy atom. The van der Waals surface area contributed by atoms with Gasteiger partial charge in [-0.25, -0.2) is 0 Å². The Hall–Kier alpha value is -5.86. The van der Waals surface area contributed by atoms with Crippen molar-refractivity contribution < 1.29 is 4.42 Å². The van der Waals surface area contributed by atoms with Crippen LogP contribution < -0.4 is 4.90 Å². The Morgan fingerprint density at radius 3 is 1.80 bits per heavy atom. The molecule has 1 heterocycles. The molecule has 0 radical (unpaired) electrons. The van der Waals surface area contributed by atoms with Crippen LogP contribution in [-0.2, 0) is 0 Å². The molecule has 45 heavy (non-hydrogen) atoms. The molecule has 1 aromatic heterocycles. The highest BCUT2D eigenvalue weighted by Gasteiger charge is 2.17. The maximum atomic E-state index is 6.38. The second kappa shape index (κ2) is 11.3. The van der Waals surface area contributed by atoms with Crippen LogP contribution in [0.5, 0.6) is 0 Å². The number of nitrogens with zero attached hydrogens (tertiary/aromatic N) is 1. The summed E-state index contributed by atoms with van der Waals surface area (Å²) in [6.07, 6.45) is 0. The molecule has 2 nitrogen and oxygen atoms in total. The highest BCUT2D eigenvalue weighted by atomic mass is 16.3. The van der Waals surface area contributed by atoms with Crippen LogP contribution in [0.4, 0.5) is 17.1 Å². The van der Waals surface area contributed by atoms with Crippen LogP contribution in [0.2, 0.25) is 0 Å². The Kier molecular flexibility index (Phi) is 6.73. The molecule has 0 aliphatic carbocycles. The van der Waals surface area contributed by atoms with Crippen molar-refractivity contribution in [2.75, 3.05) is 4.90 Å². The van der Waals surface area contributed by atoms with Crippen molar-refractivity contribution in [2.24, 2.45) is 0 Å². The van der Waals surface area contributed by atoms with Gasteiger partial charge < -0.3 is 9.32 Å². The first-order valence-corrected chi connectivity index (χ1v) is 15.3. The molecular formula is C43H31NO. The van der Waals surface area contributed by atoms with E-state index in [9.17, 15) is 0 Å². The lowest BCUT2D eigenvalue weighted by atomic mass is 9.99. The first-order valence-electron chi connectivity index (χ1n) is 15.3. The van der Waals surface area contributed by atoms with E-state index in [0.717, 1.165) is 44.9 Å². The molecule has 214 valence electrons. The number of rotatable bonds is 6. The van der Waals surface area contributed by atoms with Gasteiger partial charge in [0, 0.05) is 33.6 Å². The molecule has 0 saturated heterocycles. The molecule has 0 atom stereocenters. The summed E-state index contributed by atoms with van der Waals surface area (Å²) in [5, 5.41) is 3.58. The fraction of sp³-hybridized carbons (Fsp3) is 0.0233. The number of furan rings is 1. The van der Waals surface area contributed by atoms with Crippen molar-refractivity contribution >= 4 is 38.8 Å². The van der Waals surface area contributed by atoms with Crippen LogP contribution in [0, 0.1) is 6.92 Å². The molecule has 0 saturated carbocycles. The Morgan fingerprint density at radius 1 is 0.400 bits per heavy atom. The van der Waals surface area contributed by atoms with E-state index in [1.807, 2.05) is 12.1 Å². The second-order valence-electron chi connectivity index (χ2n) is 11.5. The van der Waals surface area contributed by atoms with Crippen LogP contribution in [0.1, 0.15) is 5.56 Å². The normalized spacial score (nSPS) is 11.2. The highest BCUT2D eigenvalue weighted by Crippen LogP contribution is 2.40. The lowest BCUT2D eigenvalue weighted by molar-refractivity contribution is 0.629. The molecular weight excluding hydrogens is 546 g/mol. The topological polar surface area (TPSA) is 16.4 Å². The molecule has 0 aliphatic rings. The van der Waals surface area contributed by atoms with Crippen molar-refractivity contribution in [3.05, 3.63) is 175 Å². The molecule has 0 bridgehead atoms. The van der Waals surface area contributed by atoms with Gasteiger partial charge in [-0.15, -0.1) is 0 Å². The van der Waals surface area contributed by atoms with Gasteiger partial charge in [-0.2, -0.15) is 0 Å². The Labute approximate surface area is 263 Å². The summed E-state index contributed by atoms with van der Waals surface area (Å²) in [7, 11) is 0. The molecule has 0 amide bonds. The molecule has 0 aliphatic heterocycles. The van der Waals surface area contributed by atoms with Crippen molar-refractivity contribution in [1.29, 1.82) is 0 Å². The number of anilines is 3. The summed E-state index contributed by atoms with van der Waals surface area (Å²) >= 11 is 0. The van der Waals surface area contributed by atoms with E-state index >= 15 is 0 Å². The first-order chi connectivity index (χ1) is 22.2. The van der Waals surface area contributed by atoms with Gasteiger partial charge in [0.2, 0.25) is 0 Å². The van der Waals surface area contributed by atoms with Crippen LogP contribution >= 0.6 is 0 Å². The van der Waals surface area contributed by atoms with E-state index in [2.05, 4.69) is 170 Å². The fourth-order valence-corrected chi connectivity index (χ4v) is 6.31. The zero-order chi connectivity index (χ0) is 30.2. The first kappa shape index (κ1) is 26.7. The lowest BCUT2D eigenvalue weighted by Crippen LogP contribution is -2.10. The van der Waals surface area contributed by atoms with Gasteiger partial charge in [0.15, 0.2) is 0 Å². The van der Waals surface area contributed by atoms with Gasteiger partial charge in [0.05, 0.1) is 0 Å². The molecule has 8 rings (SSSR count). The standard InChI is InChI=1S/C43H31NO/c1-30-41-19-7-8-20-42(41)45-43(30)37-17-10-18-39(29-37)44(40-26-23-32-13-5-6-14-36(32)28-40)38-24-21-33(22-25-38)35-16-9-15-34(27-35)31-11-3-2-4-12-31/h2-29H,1H3. The number of hydrogen-bond acceptors (Lipinski definition) is 2. The quantitative estimate of drug-likeness (QED) is 0.195. The van der Waals surface area contributed by atoms with Crippen LogP contribution in [-0.4, -0.2) is 0 Å². The molecule has 0 unspecified atom stereocenters. The van der Waals surface area contributed by atoms with Crippen LogP contribution in [0.3, 0.4) is 0 Å². The number of benzene rings is 7. The smallest absolute Gasteiger partial charge is 0.138 e. The van der Waals surface area contributed by atoms with Crippen molar-refractivity contribution in [2.45, 2.75) is 6.92 Å². The van der Waals surface area contributed by atoms with E-state index in [-0.39, 0.29) is 0 Å². The van der Waals surface area contributed by atoms with Crippen LogP contribution in [0.25, 0.3) is 55.3 Å². The Bertz CT molecular complexity index is 2280. The lowest BCUT2D eigenvalue weighted by Gasteiger charge is -2.26. The number of para-hydroxylation sites is 1. The molecule has 2 heteroatoms. The summed E-state index contributed by atoms with van der Waals surface area (Å²) in [6, 6.07) is 60.3. The summed E-state index contributed by atoms with van der Waals surface area (Å²) in [4.78, 5) is 2.33. The van der Waals surface area contributed by atoms with Gasteiger partial charge in [-0.3, -0.25) is 0 Å². The van der Waals surface area contributed by atoms with E-state index in [1.54, 1.807) is 0 Å². The minimum atomic E-state index is 0.908. The zero-order valence-electron chi connectivity index (χ0n) is 25.0. The molecule has 8 aromatic rings. The molecule has 0 spiro atoms. The third-order valence-corrected chi connectivity index (χ3v) is 8.63. The largest absolute Gasteiger partial charge is 0.456 e. The van der Waals surface area contributed by atoms with Crippen LogP contribution in [0.15, 0.2) is 174 Å². The zero-order valence-corrected chi connectivity index (χ0v) is 25.0. The SMILES string of the molecule is Cc1c(-c2cccc(N(c3ccc(-c4cccc(-c5ccccc5)c4)cc3)c3ccc4ccccc4c3)c2)oc2ccccc12. The van der Waals surface area contributed by atoms with Crippen molar-refractivity contribution in [3.8, 4) is 33.6 Å². The fourth-order valence-electron chi connectivity index (χ4n) is 6.31. The van der Waals surface area contributed by atoms with Gasteiger partial charge in [-0.1, -0.05) is 121 Å². The summed E-state index contributed by atoms with van der Waals surface area (Å²) in [5.41, 5.74) is 11.2. The van der Waals surface area contributed by atoms with Gasteiger partial charge in [0.25, 0.3) is 0 Å². The minimum Gasteiger partial charge on any atom is -0.456 e. The average molecular weight is 578 g/mol. The summed E-state index contributed by atoms with van der Waals surface area (Å²) < 4.78 is 6.38. The summed E-state index contributed by atoms with van der Waals surface area (Å²) in [6.45, 7) is 2.14. The molecule has 7 aromatic carbocycles. The predicted molar refractivity (Wildman–Crippen MR) is 189 cm³/mol. The maximum Gasteiger partial charge on any atom is 0.138 e. The maximum absolute atomic E-state index is 6.38. The van der Waals surface area contributed by atoms with Gasteiger partial charge in [0.1, 0.15) is 11.3 Å². The highest BCUT2D eigenvalue weighted by molar-refractivity contribution is 5.91. The van der Waals surface area contributed by atoms with E-state index in [0.29, 0.717) is 0 Å². The van der Waals surface area contributed by atoms with Crippen molar-refractivity contribution in [3.63, 3.8) is 0 Å². The Balaban J connectivity index is 1.22. The average Bonchev–Trinajstić information content (AvgIpc) is 3.45. The second-order valence-corrected chi connectivity index (χ2v) is 11.5. The van der Waals surface area contributed by atoms with Crippen molar-refractivity contribution in [1.82, 2.24) is 0 Å². The predicted octanol–water partition coefficient (Wildman–Crippen LogP) is 12.4.